The Labute approximate surface area is 107 Å². The van der Waals surface area contributed by atoms with Crippen LogP contribution in [0, 0.1) is 16.7 Å². The molecule has 0 radical (unpaired) electrons. The summed E-state index contributed by atoms with van der Waals surface area (Å²) in [5, 5.41) is 4.03. The lowest BCUT2D eigenvalue weighted by molar-refractivity contribution is -0.123. The summed E-state index contributed by atoms with van der Waals surface area (Å²) in [4.78, 5) is 11.8. The van der Waals surface area contributed by atoms with E-state index in [2.05, 4.69) is 42.0 Å². The molecule has 92 valence electrons. The number of carbonyl (C=O) groups is 1. The van der Waals surface area contributed by atoms with Crippen LogP contribution >= 0.6 is 15.9 Å². The predicted molar refractivity (Wildman–Crippen MR) is 69.6 cm³/mol. The fraction of sp³-hybridized carbons (Fsp3) is 0.923. The second-order valence-corrected chi connectivity index (χ2v) is 7.15. The van der Waals surface area contributed by atoms with Crippen molar-refractivity contribution in [3.05, 3.63) is 0 Å². The van der Waals surface area contributed by atoms with E-state index in [4.69, 9.17) is 0 Å². The molecule has 3 heteroatoms. The number of hydrogen-bond acceptors (Lipinski definition) is 1. The number of alkyl halides is 1. The largest absolute Gasteiger partial charge is 0.352 e. The van der Waals surface area contributed by atoms with E-state index in [1.807, 2.05) is 0 Å². The summed E-state index contributed by atoms with van der Waals surface area (Å²) in [6, 6.07) is 0.366. The molecule has 2 saturated carbocycles. The smallest absolute Gasteiger partial charge is 0.221 e. The third-order valence-electron chi connectivity index (χ3n) is 4.90. The number of rotatable bonds is 3. The van der Waals surface area contributed by atoms with Gasteiger partial charge < -0.3 is 5.32 Å². The van der Waals surface area contributed by atoms with Gasteiger partial charge in [-0.2, -0.15) is 0 Å². The van der Waals surface area contributed by atoms with Gasteiger partial charge in [0, 0.05) is 17.8 Å². The highest BCUT2D eigenvalue weighted by Gasteiger charge is 2.59. The van der Waals surface area contributed by atoms with Crippen LogP contribution in [0.2, 0.25) is 0 Å². The lowest BCUT2D eigenvalue weighted by Crippen LogP contribution is -2.52. The van der Waals surface area contributed by atoms with Crippen LogP contribution in [0.3, 0.4) is 0 Å². The van der Waals surface area contributed by atoms with Crippen LogP contribution in [-0.4, -0.2) is 17.3 Å². The van der Waals surface area contributed by atoms with Crippen LogP contribution < -0.4 is 5.32 Å². The molecule has 2 nitrogen and oxygen atoms in total. The van der Waals surface area contributed by atoms with E-state index in [1.54, 1.807) is 0 Å². The van der Waals surface area contributed by atoms with E-state index in [0.717, 1.165) is 11.2 Å². The van der Waals surface area contributed by atoms with Gasteiger partial charge in [0.05, 0.1) is 0 Å². The Balaban J connectivity index is 2.11. The predicted octanol–water partition coefficient (Wildman–Crippen LogP) is 3.10. The minimum absolute atomic E-state index is 0.198. The number of halogens is 1. The summed E-state index contributed by atoms with van der Waals surface area (Å²) >= 11 is 3.32. The van der Waals surface area contributed by atoms with Crippen LogP contribution in [0.25, 0.3) is 0 Å². The zero-order valence-electron chi connectivity index (χ0n) is 10.5. The van der Waals surface area contributed by atoms with Gasteiger partial charge in [-0.25, -0.2) is 0 Å². The maximum atomic E-state index is 11.8. The number of fused-ring (bicyclic) bond motifs is 2. The molecular formula is C13H22BrNO. The average molecular weight is 288 g/mol. The molecule has 2 bridgehead atoms. The van der Waals surface area contributed by atoms with Crippen LogP contribution in [0.1, 0.15) is 46.5 Å². The van der Waals surface area contributed by atoms with Crippen molar-refractivity contribution in [1.29, 1.82) is 0 Å². The third kappa shape index (κ3) is 1.81. The van der Waals surface area contributed by atoms with Gasteiger partial charge in [0.25, 0.3) is 0 Å². The second-order valence-electron chi connectivity index (χ2n) is 6.35. The third-order valence-corrected chi connectivity index (χ3v) is 5.29. The van der Waals surface area contributed by atoms with Crippen molar-refractivity contribution in [2.75, 3.05) is 5.33 Å². The molecule has 0 spiro atoms. The minimum atomic E-state index is 0.198. The quantitative estimate of drug-likeness (QED) is 0.794. The molecule has 0 aromatic heterocycles. The zero-order chi connectivity index (χ0) is 12.0. The maximum Gasteiger partial charge on any atom is 0.221 e. The van der Waals surface area contributed by atoms with Crippen molar-refractivity contribution < 1.29 is 4.79 Å². The summed E-state index contributed by atoms with van der Waals surface area (Å²) in [6.07, 6.45) is 4.50. The molecule has 3 atom stereocenters. The van der Waals surface area contributed by atoms with Crippen molar-refractivity contribution in [2.45, 2.75) is 52.5 Å². The molecule has 1 N–H and O–H groups in total. The fourth-order valence-corrected chi connectivity index (χ4v) is 4.34. The summed E-state index contributed by atoms with van der Waals surface area (Å²) < 4.78 is 0. The molecule has 16 heavy (non-hydrogen) atoms. The highest BCUT2D eigenvalue weighted by Crippen LogP contribution is 2.62. The van der Waals surface area contributed by atoms with Crippen LogP contribution in [-0.2, 0) is 4.79 Å². The lowest BCUT2D eigenvalue weighted by Gasteiger charge is -2.43. The van der Waals surface area contributed by atoms with Gasteiger partial charge in [0.2, 0.25) is 5.91 Å². The van der Waals surface area contributed by atoms with Gasteiger partial charge >= 0.3 is 0 Å². The summed E-state index contributed by atoms with van der Waals surface area (Å²) in [7, 11) is 0. The van der Waals surface area contributed by atoms with Crippen molar-refractivity contribution in [1.82, 2.24) is 5.32 Å². The Bertz CT molecular complexity index is 298. The average Bonchev–Trinajstić information content (AvgIpc) is 2.64. The maximum absolute atomic E-state index is 11.8. The molecule has 0 saturated heterocycles. The van der Waals surface area contributed by atoms with Crippen LogP contribution in [0.4, 0.5) is 0 Å². The minimum Gasteiger partial charge on any atom is -0.352 e. The number of carbonyl (C=O) groups excluding carboxylic acids is 1. The Hall–Kier alpha value is -0.0500. The van der Waals surface area contributed by atoms with Crippen molar-refractivity contribution in [2.24, 2.45) is 16.7 Å². The standard InChI is InChI=1S/C13H22BrNO/c1-12(2)9-4-6-13(3,8-9)11(12)15-10(16)5-7-14/h9,11H,4-8H2,1-3H3,(H,15,16). The Morgan fingerprint density at radius 1 is 1.44 bits per heavy atom. The molecule has 2 fully saturated rings. The van der Waals surface area contributed by atoms with Gasteiger partial charge in [0.1, 0.15) is 0 Å². The van der Waals surface area contributed by atoms with Gasteiger partial charge in [0.15, 0.2) is 0 Å². The molecular weight excluding hydrogens is 266 g/mol. The summed E-state index contributed by atoms with van der Waals surface area (Å²) in [5.41, 5.74) is 0.616. The van der Waals surface area contributed by atoms with Crippen molar-refractivity contribution >= 4 is 21.8 Å². The van der Waals surface area contributed by atoms with E-state index in [9.17, 15) is 4.79 Å². The van der Waals surface area contributed by atoms with Crippen LogP contribution in [0.15, 0.2) is 0 Å². The molecule has 2 aliphatic rings. The molecule has 2 aliphatic carbocycles. The van der Waals surface area contributed by atoms with E-state index in [-0.39, 0.29) is 11.3 Å². The van der Waals surface area contributed by atoms with E-state index < -0.39 is 0 Å². The van der Waals surface area contributed by atoms with Crippen LogP contribution in [0.5, 0.6) is 0 Å². The number of hydrogen-bond donors (Lipinski definition) is 1. The number of nitrogens with one attached hydrogen (secondary N) is 1. The highest BCUT2D eigenvalue weighted by atomic mass is 79.9. The van der Waals surface area contributed by atoms with E-state index >= 15 is 0 Å². The molecule has 0 heterocycles. The first-order chi connectivity index (χ1) is 7.40. The SMILES string of the molecule is CC12CCC(C1)C(C)(C)C2NC(=O)CCBr. The van der Waals surface area contributed by atoms with Gasteiger partial charge in [-0.3, -0.25) is 4.79 Å². The van der Waals surface area contributed by atoms with Gasteiger partial charge in [-0.15, -0.1) is 0 Å². The van der Waals surface area contributed by atoms with Gasteiger partial charge in [-0.05, 0) is 36.0 Å². The lowest BCUT2D eigenvalue weighted by atomic mass is 9.68. The van der Waals surface area contributed by atoms with Crippen molar-refractivity contribution in [3.8, 4) is 0 Å². The highest BCUT2D eigenvalue weighted by molar-refractivity contribution is 9.09. The molecule has 0 aromatic carbocycles. The normalized spacial score (nSPS) is 40.0. The summed E-state index contributed by atoms with van der Waals surface area (Å²) in [5.74, 6) is 0.996. The van der Waals surface area contributed by atoms with E-state index in [1.165, 1.54) is 19.3 Å². The first-order valence-electron chi connectivity index (χ1n) is 6.25. The molecule has 0 aromatic rings. The number of amides is 1. The Morgan fingerprint density at radius 2 is 2.12 bits per heavy atom. The first-order valence-corrected chi connectivity index (χ1v) is 7.37. The van der Waals surface area contributed by atoms with E-state index in [0.29, 0.717) is 17.9 Å². The summed E-state index contributed by atoms with van der Waals surface area (Å²) in [6.45, 7) is 6.99. The Morgan fingerprint density at radius 3 is 2.62 bits per heavy atom. The second kappa shape index (κ2) is 4.01. The molecule has 3 unspecified atom stereocenters. The first kappa shape index (κ1) is 12.4. The Kier molecular flexibility index (Phi) is 3.11. The zero-order valence-corrected chi connectivity index (χ0v) is 12.1. The van der Waals surface area contributed by atoms with Crippen molar-refractivity contribution in [3.63, 3.8) is 0 Å². The topological polar surface area (TPSA) is 29.1 Å². The monoisotopic (exact) mass is 287 g/mol. The molecule has 1 amide bonds. The van der Waals surface area contributed by atoms with Gasteiger partial charge in [-0.1, -0.05) is 36.7 Å². The fourth-order valence-electron chi connectivity index (χ4n) is 3.98. The molecule has 2 rings (SSSR count). The molecule has 0 aliphatic heterocycles.